The van der Waals surface area contributed by atoms with E-state index in [0.717, 1.165) is 16.5 Å². The quantitative estimate of drug-likeness (QED) is 0.213. The number of carbonyl (C=O) groups excluding carboxylic acids is 1. The molecule has 28 heavy (non-hydrogen) atoms. The highest BCUT2D eigenvalue weighted by atomic mass is 79.9. The Labute approximate surface area is 177 Å². The lowest BCUT2D eigenvalue weighted by Gasteiger charge is -2.19. The van der Waals surface area contributed by atoms with E-state index in [1.54, 1.807) is 24.3 Å². The SMILES string of the molecule is COC(=O)c1ccccc1-c1c2ccc(=N)c(Br)c-2oc2c(Br)c(N)ccc12. The first kappa shape index (κ1) is 18.7. The number of carbonyl (C=O) groups is 1. The summed E-state index contributed by atoms with van der Waals surface area (Å²) in [6.07, 6.45) is 0. The Balaban J connectivity index is 2.25. The molecule has 1 heterocycles. The van der Waals surface area contributed by atoms with E-state index < -0.39 is 5.97 Å². The van der Waals surface area contributed by atoms with E-state index in [4.69, 9.17) is 20.3 Å². The highest BCUT2D eigenvalue weighted by Crippen LogP contribution is 2.45. The van der Waals surface area contributed by atoms with Crippen LogP contribution < -0.4 is 11.1 Å². The van der Waals surface area contributed by atoms with Gasteiger partial charge in [0.25, 0.3) is 0 Å². The van der Waals surface area contributed by atoms with Crippen LogP contribution in [0.25, 0.3) is 33.4 Å². The highest BCUT2D eigenvalue weighted by Gasteiger charge is 2.24. The second-order valence-corrected chi connectivity index (χ2v) is 7.75. The zero-order chi connectivity index (χ0) is 20.0. The lowest BCUT2D eigenvalue weighted by atomic mass is 9.90. The molecule has 2 aliphatic rings. The van der Waals surface area contributed by atoms with Crippen molar-refractivity contribution in [2.75, 3.05) is 12.8 Å². The largest absolute Gasteiger partial charge is 0.465 e. The summed E-state index contributed by atoms with van der Waals surface area (Å²) in [5, 5.41) is 9.18. The summed E-state index contributed by atoms with van der Waals surface area (Å²) in [5.41, 5.74) is 9.84. The molecule has 1 aliphatic carbocycles. The fourth-order valence-corrected chi connectivity index (χ4v) is 4.10. The van der Waals surface area contributed by atoms with Crippen LogP contribution in [0.15, 0.2) is 61.9 Å². The fourth-order valence-electron chi connectivity index (χ4n) is 3.25. The topological polar surface area (TPSA) is 89.3 Å². The van der Waals surface area contributed by atoms with Crippen LogP contribution in [-0.2, 0) is 4.74 Å². The number of esters is 1. The van der Waals surface area contributed by atoms with E-state index in [9.17, 15) is 4.79 Å². The summed E-state index contributed by atoms with van der Waals surface area (Å²) >= 11 is 6.96. The summed E-state index contributed by atoms with van der Waals surface area (Å²) in [7, 11) is 1.36. The molecule has 0 spiro atoms. The second kappa shape index (κ2) is 7.07. The van der Waals surface area contributed by atoms with E-state index in [-0.39, 0.29) is 0 Å². The molecule has 2 aromatic rings. The number of methoxy groups -OCH3 is 1. The van der Waals surface area contributed by atoms with Crippen LogP contribution >= 0.6 is 31.9 Å². The number of nitrogens with one attached hydrogen (secondary N) is 1. The van der Waals surface area contributed by atoms with Crippen LogP contribution in [-0.4, -0.2) is 13.1 Å². The number of ether oxygens (including phenoxy) is 1. The summed E-state index contributed by atoms with van der Waals surface area (Å²) < 4.78 is 12.3. The molecular weight excluding hydrogens is 488 g/mol. The third-order valence-electron chi connectivity index (χ3n) is 4.57. The van der Waals surface area contributed by atoms with Crippen LogP contribution in [0.2, 0.25) is 0 Å². The van der Waals surface area contributed by atoms with Gasteiger partial charge in [-0.2, -0.15) is 0 Å². The molecule has 0 amide bonds. The monoisotopic (exact) mass is 500 g/mol. The third kappa shape index (κ3) is 2.82. The highest BCUT2D eigenvalue weighted by molar-refractivity contribution is 9.11. The number of rotatable bonds is 2. The Bertz CT molecular complexity index is 1280. The van der Waals surface area contributed by atoms with Crippen molar-refractivity contribution in [3.63, 3.8) is 0 Å². The number of nitrogen functional groups attached to an aromatic ring is 1. The van der Waals surface area contributed by atoms with Gasteiger partial charge in [-0.1, -0.05) is 18.2 Å². The molecule has 0 atom stereocenters. The Morgan fingerprint density at radius 1 is 1.04 bits per heavy atom. The van der Waals surface area contributed by atoms with Crippen LogP contribution in [0.5, 0.6) is 0 Å². The number of benzene rings is 3. The summed E-state index contributed by atoms with van der Waals surface area (Å²) in [5.74, 6) is 0.0735. The Hall–Kier alpha value is -2.64. The molecule has 0 bridgehead atoms. The van der Waals surface area contributed by atoms with Crippen molar-refractivity contribution in [2.45, 2.75) is 0 Å². The smallest absolute Gasteiger partial charge is 0.338 e. The maximum Gasteiger partial charge on any atom is 0.338 e. The molecule has 4 rings (SSSR count). The van der Waals surface area contributed by atoms with Crippen LogP contribution in [0.4, 0.5) is 5.69 Å². The summed E-state index contributed by atoms with van der Waals surface area (Å²) in [4.78, 5) is 12.4. The third-order valence-corrected chi connectivity index (χ3v) is 6.17. The summed E-state index contributed by atoms with van der Waals surface area (Å²) in [6.45, 7) is 0. The fraction of sp³-hybridized carbons (Fsp3) is 0.0476. The molecule has 140 valence electrons. The second-order valence-electron chi connectivity index (χ2n) is 6.16. The molecule has 7 heteroatoms. The molecule has 2 aromatic carbocycles. The Morgan fingerprint density at radius 2 is 1.79 bits per heavy atom. The standard InChI is InChI=1S/C21H14Br2N2O3/c1-27-21(26)11-5-3-2-4-10(11)16-12-6-8-14(24)17(22)19(12)28-20-13(16)7-9-15(25)18(20)23/h2-9,24H,25H2,1H3. The van der Waals surface area contributed by atoms with Gasteiger partial charge in [-0.3, -0.25) is 5.41 Å². The molecule has 1 aliphatic heterocycles. The molecule has 0 saturated heterocycles. The normalized spacial score (nSPS) is 11.1. The number of halogens is 2. The molecule has 0 fully saturated rings. The van der Waals surface area contributed by atoms with E-state index >= 15 is 0 Å². The number of nitrogens with two attached hydrogens (primary N) is 1. The van der Waals surface area contributed by atoms with Gasteiger partial charge in [0.1, 0.15) is 0 Å². The number of hydrogen-bond acceptors (Lipinski definition) is 5. The minimum atomic E-state index is -0.427. The predicted octanol–water partition coefficient (Wildman–Crippen LogP) is 5.58. The van der Waals surface area contributed by atoms with Crippen molar-refractivity contribution in [2.24, 2.45) is 0 Å². The van der Waals surface area contributed by atoms with Gasteiger partial charge < -0.3 is 14.9 Å². The van der Waals surface area contributed by atoms with Crippen molar-refractivity contribution in [3.8, 4) is 22.5 Å². The van der Waals surface area contributed by atoms with E-state index in [2.05, 4.69) is 31.9 Å². The number of anilines is 1. The molecule has 5 nitrogen and oxygen atoms in total. The van der Waals surface area contributed by atoms with E-state index in [1.807, 2.05) is 24.3 Å². The van der Waals surface area contributed by atoms with Crippen molar-refractivity contribution >= 4 is 54.5 Å². The lowest BCUT2D eigenvalue weighted by molar-refractivity contribution is 0.0601. The summed E-state index contributed by atoms with van der Waals surface area (Å²) in [6, 6.07) is 14.4. The van der Waals surface area contributed by atoms with Gasteiger partial charge in [-0.05, 0) is 67.8 Å². The first-order valence-corrected chi connectivity index (χ1v) is 9.88. The van der Waals surface area contributed by atoms with Gasteiger partial charge in [-0.25, -0.2) is 4.79 Å². The van der Waals surface area contributed by atoms with Gasteiger partial charge in [0.05, 0.1) is 27.0 Å². The Kier molecular flexibility index (Phi) is 4.72. The van der Waals surface area contributed by atoms with E-state index in [1.165, 1.54) is 7.11 Å². The predicted molar refractivity (Wildman–Crippen MR) is 115 cm³/mol. The van der Waals surface area contributed by atoms with Crippen molar-refractivity contribution < 1.29 is 13.9 Å². The van der Waals surface area contributed by atoms with Gasteiger partial charge in [-0.15, -0.1) is 0 Å². The minimum Gasteiger partial charge on any atom is -0.465 e. The van der Waals surface area contributed by atoms with Crippen LogP contribution in [0.1, 0.15) is 10.4 Å². The lowest BCUT2D eigenvalue weighted by Crippen LogP contribution is -2.07. The van der Waals surface area contributed by atoms with Crippen molar-refractivity contribution in [1.29, 1.82) is 5.41 Å². The number of hydrogen-bond donors (Lipinski definition) is 2. The van der Waals surface area contributed by atoms with Gasteiger partial charge >= 0.3 is 5.97 Å². The van der Waals surface area contributed by atoms with Gasteiger partial charge in [0.2, 0.25) is 0 Å². The molecule has 0 radical (unpaired) electrons. The van der Waals surface area contributed by atoms with Crippen molar-refractivity contribution in [3.05, 3.63) is 68.4 Å². The maximum atomic E-state index is 12.4. The minimum absolute atomic E-state index is 0.294. The van der Waals surface area contributed by atoms with Crippen LogP contribution in [0.3, 0.4) is 0 Å². The van der Waals surface area contributed by atoms with Gasteiger partial charge in [0.15, 0.2) is 11.3 Å². The first-order valence-electron chi connectivity index (χ1n) is 8.29. The van der Waals surface area contributed by atoms with Crippen LogP contribution in [0, 0.1) is 5.41 Å². The molecule has 0 saturated carbocycles. The van der Waals surface area contributed by atoms with Gasteiger partial charge in [0, 0.05) is 22.2 Å². The number of fused-ring (bicyclic) bond motifs is 2. The average Bonchev–Trinajstić information content (AvgIpc) is 2.72. The molecular formula is C21H14Br2N2O3. The Morgan fingerprint density at radius 3 is 2.54 bits per heavy atom. The first-order chi connectivity index (χ1) is 13.4. The van der Waals surface area contributed by atoms with E-state index in [0.29, 0.717) is 42.5 Å². The maximum absolute atomic E-state index is 12.4. The van der Waals surface area contributed by atoms with Crippen molar-refractivity contribution in [1.82, 2.24) is 0 Å². The molecule has 0 aromatic heterocycles. The zero-order valence-electron chi connectivity index (χ0n) is 14.7. The average molecular weight is 502 g/mol. The molecule has 3 N–H and O–H groups in total. The zero-order valence-corrected chi connectivity index (χ0v) is 17.8. The molecule has 0 unspecified atom stereocenters.